The van der Waals surface area contributed by atoms with E-state index in [1.54, 1.807) is 17.8 Å². The van der Waals surface area contributed by atoms with Gasteiger partial charge in [0.15, 0.2) is 0 Å². The molecule has 0 aromatic carbocycles. The lowest BCUT2D eigenvalue weighted by Crippen LogP contribution is -2.46. The number of fused-ring (bicyclic) bond motifs is 1. The molecule has 1 atom stereocenters. The number of amides is 1. The minimum atomic E-state index is -0.162. The zero-order valence-corrected chi connectivity index (χ0v) is 15.9. The third-order valence-corrected chi connectivity index (χ3v) is 5.91. The molecule has 1 aliphatic heterocycles. The molecule has 2 aromatic heterocycles. The van der Waals surface area contributed by atoms with Crippen LogP contribution in [0.4, 0.5) is 0 Å². The van der Waals surface area contributed by atoms with Crippen molar-refractivity contribution in [2.45, 2.75) is 64.1 Å². The van der Waals surface area contributed by atoms with Crippen molar-refractivity contribution in [2.24, 2.45) is 13.0 Å². The van der Waals surface area contributed by atoms with Gasteiger partial charge in [-0.15, -0.1) is 0 Å². The summed E-state index contributed by atoms with van der Waals surface area (Å²) in [6.45, 7) is 0.988. The average Bonchev–Trinajstić information content (AvgIpc) is 3.00. The van der Waals surface area contributed by atoms with E-state index in [0.29, 0.717) is 19.5 Å². The first-order valence-electron chi connectivity index (χ1n) is 9.96. The van der Waals surface area contributed by atoms with Crippen LogP contribution in [0.1, 0.15) is 50.0 Å². The van der Waals surface area contributed by atoms with Crippen LogP contribution in [-0.4, -0.2) is 36.2 Å². The fraction of sp³-hybridized carbons (Fsp3) is 0.600. The highest BCUT2D eigenvalue weighted by Gasteiger charge is 2.34. The lowest BCUT2D eigenvalue weighted by Gasteiger charge is -2.37. The van der Waals surface area contributed by atoms with Gasteiger partial charge in [0.2, 0.25) is 5.91 Å². The maximum absolute atomic E-state index is 13.5. The van der Waals surface area contributed by atoms with Gasteiger partial charge in [-0.05, 0) is 31.4 Å². The van der Waals surface area contributed by atoms with Crippen molar-refractivity contribution in [3.63, 3.8) is 0 Å². The number of nitrogens with zero attached hydrogens (tertiary/aromatic N) is 5. The number of aromatic nitrogens is 4. The average molecular weight is 369 g/mol. The molecule has 0 saturated heterocycles. The van der Waals surface area contributed by atoms with E-state index in [9.17, 15) is 9.59 Å². The molecule has 7 nitrogen and oxygen atoms in total. The second kappa shape index (κ2) is 7.66. The van der Waals surface area contributed by atoms with Crippen LogP contribution >= 0.6 is 0 Å². The molecule has 1 amide bonds. The second-order valence-electron chi connectivity index (χ2n) is 7.75. The van der Waals surface area contributed by atoms with Gasteiger partial charge in [0.1, 0.15) is 5.82 Å². The van der Waals surface area contributed by atoms with Crippen LogP contribution in [0.5, 0.6) is 0 Å². The summed E-state index contributed by atoms with van der Waals surface area (Å²) in [4.78, 5) is 32.2. The van der Waals surface area contributed by atoms with E-state index in [4.69, 9.17) is 0 Å². The van der Waals surface area contributed by atoms with Gasteiger partial charge in [-0.3, -0.25) is 14.3 Å². The van der Waals surface area contributed by atoms with Crippen molar-refractivity contribution in [2.75, 3.05) is 0 Å². The Balaban J connectivity index is 1.56. The molecule has 0 radical (unpaired) electrons. The fourth-order valence-corrected chi connectivity index (χ4v) is 4.42. The fourth-order valence-electron chi connectivity index (χ4n) is 4.42. The molecule has 1 fully saturated rings. The maximum Gasteiger partial charge on any atom is 0.345 e. The van der Waals surface area contributed by atoms with Crippen molar-refractivity contribution in [3.05, 3.63) is 46.4 Å². The standard InChI is InChI=1S/C20H27N5O2/c1-23-20(27)25-13-15(10-11-18(25)22-23)19(26)24(17-8-3-2-4-9-17)14-16-7-5-6-12-21-16/h5-7,12,15,17H,2-4,8-11,13-14H2,1H3/t15-/m0/s1. The first-order valence-corrected chi connectivity index (χ1v) is 9.96. The van der Waals surface area contributed by atoms with Crippen LogP contribution in [0.3, 0.4) is 0 Å². The lowest BCUT2D eigenvalue weighted by molar-refractivity contribution is -0.140. The van der Waals surface area contributed by atoms with Gasteiger partial charge in [0, 0.05) is 32.3 Å². The van der Waals surface area contributed by atoms with Gasteiger partial charge < -0.3 is 4.90 Å². The predicted octanol–water partition coefficient (Wildman–Crippen LogP) is 1.90. The van der Waals surface area contributed by atoms with E-state index >= 15 is 0 Å². The molecule has 0 spiro atoms. The molecule has 1 saturated carbocycles. The molecular formula is C20H27N5O2. The summed E-state index contributed by atoms with van der Waals surface area (Å²) in [5.41, 5.74) is 0.794. The molecule has 4 rings (SSSR count). The number of pyridine rings is 1. The van der Waals surface area contributed by atoms with Crippen LogP contribution in [0.15, 0.2) is 29.2 Å². The Morgan fingerprint density at radius 1 is 1.22 bits per heavy atom. The van der Waals surface area contributed by atoms with E-state index in [1.165, 1.54) is 23.9 Å². The summed E-state index contributed by atoms with van der Waals surface area (Å²) in [7, 11) is 1.67. The van der Waals surface area contributed by atoms with E-state index in [1.807, 2.05) is 23.1 Å². The van der Waals surface area contributed by atoms with Crippen LogP contribution < -0.4 is 5.69 Å². The molecule has 144 valence electrons. The molecule has 7 heteroatoms. The molecule has 0 unspecified atom stereocenters. The topological polar surface area (TPSA) is 73.0 Å². The summed E-state index contributed by atoms with van der Waals surface area (Å²) in [5, 5.41) is 4.28. The molecule has 0 N–H and O–H groups in total. The van der Waals surface area contributed by atoms with E-state index in [2.05, 4.69) is 10.1 Å². The molecule has 27 heavy (non-hydrogen) atoms. The number of rotatable bonds is 4. The monoisotopic (exact) mass is 369 g/mol. The van der Waals surface area contributed by atoms with Crippen LogP contribution in [-0.2, 0) is 31.4 Å². The van der Waals surface area contributed by atoms with Gasteiger partial charge in [-0.1, -0.05) is 25.3 Å². The normalized spacial score (nSPS) is 20.3. The highest BCUT2D eigenvalue weighted by Crippen LogP contribution is 2.28. The number of hydrogen-bond acceptors (Lipinski definition) is 4. The minimum Gasteiger partial charge on any atom is -0.334 e. The van der Waals surface area contributed by atoms with E-state index in [-0.39, 0.29) is 23.6 Å². The van der Waals surface area contributed by atoms with Crippen molar-refractivity contribution in [1.29, 1.82) is 0 Å². The van der Waals surface area contributed by atoms with Crippen LogP contribution in [0, 0.1) is 5.92 Å². The van der Waals surface area contributed by atoms with Gasteiger partial charge in [-0.25, -0.2) is 9.48 Å². The molecule has 3 heterocycles. The Kier molecular flexibility index (Phi) is 5.09. The zero-order chi connectivity index (χ0) is 18.8. The van der Waals surface area contributed by atoms with E-state index < -0.39 is 0 Å². The van der Waals surface area contributed by atoms with E-state index in [0.717, 1.165) is 30.8 Å². The van der Waals surface area contributed by atoms with Gasteiger partial charge >= 0.3 is 5.69 Å². The predicted molar refractivity (Wildman–Crippen MR) is 101 cm³/mol. The SMILES string of the molecule is Cn1nc2n(c1=O)C[C@@H](C(=O)N(Cc1ccccn1)C1CCCCC1)CC2. The zero-order valence-electron chi connectivity index (χ0n) is 15.9. The van der Waals surface area contributed by atoms with Crippen LogP contribution in [0.2, 0.25) is 0 Å². The molecule has 2 aliphatic rings. The first kappa shape index (κ1) is 17.9. The summed E-state index contributed by atoms with van der Waals surface area (Å²) in [6.07, 6.45) is 8.92. The summed E-state index contributed by atoms with van der Waals surface area (Å²) >= 11 is 0. The van der Waals surface area contributed by atoms with Crippen LogP contribution in [0.25, 0.3) is 0 Å². The summed E-state index contributed by atoms with van der Waals surface area (Å²) < 4.78 is 3.04. The first-order chi connectivity index (χ1) is 13.1. The smallest absolute Gasteiger partial charge is 0.334 e. The Labute approximate surface area is 159 Å². The Morgan fingerprint density at radius 3 is 2.78 bits per heavy atom. The Bertz CT molecular complexity index is 851. The Hall–Kier alpha value is -2.44. The molecule has 2 aromatic rings. The largest absolute Gasteiger partial charge is 0.345 e. The maximum atomic E-state index is 13.5. The second-order valence-corrected chi connectivity index (χ2v) is 7.75. The van der Waals surface area contributed by atoms with Crippen molar-refractivity contribution in [1.82, 2.24) is 24.2 Å². The third kappa shape index (κ3) is 3.68. The minimum absolute atomic E-state index is 0.128. The molecular weight excluding hydrogens is 342 g/mol. The van der Waals surface area contributed by atoms with Crippen molar-refractivity contribution < 1.29 is 4.79 Å². The number of carbonyl (C=O) groups excluding carboxylic acids is 1. The van der Waals surface area contributed by atoms with Crippen molar-refractivity contribution in [3.8, 4) is 0 Å². The quantitative estimate of drug-likeness (QED) is 0.825. The lowest BCUT2D eigenvalue weighted by atomic mass is 9.91. The summed E-state index contributed by atoms with van der Waals surface area (Å²) in [6, 6.07) is 6.12. The van der Waals surface area contributed by atoms with Gasteiger partial charge in [0.05, 0.1) is 18.2 Å². The number of aryl methyl sites for hydroxylation is 2. The molecule has 1 aliphatic carbocycles. The highest BCUT2D eigenvalue weighted by atomic mass is 16.2. The summed E-state index contributed by atoms with van der Waals surface area (Å²) in [5.74, 6) is 0.791. The van der Waals surface area contributed by atoms with Gasteiger partial charge in [-0.2, -0.15) is 5.10 Å². The molecule has 0 bridgehead atoms. The number of carbonyl (C=O) groups is 1. The van der Waals surface area contributed by atoms with Gasteiger partial charge in [0.25, 0.3) is 0 Å². The highest BCUT2D eigenvalue weighted by molar-refractivity contribution is 5.79. The Morgan fingerprint density at radius 2 is 2.04 bits per heavy atom. The van der Waals surface area contributed by atoms with Crippen molar-refractivity contribution >= 4 is 5.91 Å². The third-order valence-electron chi connectivity index (χ3n) is 5.91. The number of hydrogen-bond donors (Lipinski definition) is 0.